The van der Waals surface area contributed by atoms with Gasteiger partial charge in [-0.15, -0.1) is 0 Å². The number of carbonyl (C=O) groups is 3. The molecule has 0 radical (unpaired) electrons. The van der Waals surface area contributed by atoms with Crippen molar-refractivity contribution < 1.29 is 32.3 Å². The van der Waals surface area contributed by atoms with Crippen molar-refractivity contribution in [1.82, 2.24) is 15.5 Å². The lowest BCUT2D eigenvalue weighted by Crippen LogP contribution is -2.60. The molecule has 1 saturated heterocycles. The summed E-state index contributed by atoms with van der Waals surface area (Å²) < 4.78 is 41.1. The molecule has 48 heavy (non-hydrogen) atoms. The predicted octanol–water partition coefficient (Wildman–Crippen LogP) is 5.30. The van der Waals surface area contributed by atoms with Gasteiger partial charge in [-0.3, -0.25) is 13.9 Å². The molecule has 2 aromatic carbocycles. The van der Waals surface area contributed by atoms with Crippen LogP contribution in [0.5, 0.6) is 0 Å². The molecule has 3 atom stereocenters. The zero-order chi connectivity index (χ0) is 34.5. The van der Waals surface area contributed by atoms with Crippen LogP contribution < -0.4 is 14.9 Å². The first-order chi connectivity index (χ1) is 22.8. The number of hydrogen-bond acceptors (Lipinski definition) is 7. The minimum Gasteiger partial charge on any atom is -0.444 e. The minimum atomic E-state index is -4.15. The van der Waals surface area contributed by atoms with Crippen molar-refractivity contribution >= 4 is 45.2 Å². The highest BCUT2D eigenvalue weighted by molar-refractivity contribution is 7.92. The molecule has 2 aromatic rings. The van der Waals surface area contributed by atoms with Gasteiger partial charge >= 0.3 is 6.09 Å². The van der Waals surface area contributed by atoms with Gasteiger partial charge < -0.3 is 25.0 Å². The molecule has 2 fully saturated rings. The highest BCUT2D eigenvalue weighted by Gasteiger charge is 2.46. The molecule has 11 nitrogen and oxygen atoms in total. The normalized spacial score (nSPS) is 26.3. The quantitative estimate of drug-likeness (QED) is 0.386. The standard InChI is InChI=1S/C35H45ClN4O7S/c1-34(2,3)47-33(43)39-19-11-18-35(23-39)24-46-21-9-8-20-40(30-17-7-4-14-27(30)36)48(44,45)26-13-10-12-25(22-26)31(41)37-28-15-5-6-16-29(28)38-32(35)42/h4,7-10,12-14,17,22,28-29H,5-6,11,15-16,18-21,23-24H2,1-3H3,(H,37,41)(H,38,42)/b9-8+/t28-,29+,35?/m1/s1. The van der Waals surface area contributed by atoms with E-state index >= 15 is 0 Å². The van der Waals surface area contributed by atoms with E-state index in [1.165, 1.54) is 22.5 Å². The molecule has 260 valence electrons. The molecule has 5 rings (SSSR count). The Hall–Kier alpha value is -3.61. The van der Waals surface area contributed by atoms with Crippen LogP contribution in [-0.2, 0) is 24.3 Å². The summed E-state index contributed by atoms with van der Waals surface area (Å²) in [6.07, 6.45) is 7.00. The van der Waals surface area contributed by atoms with Crippen LogP contribution in [0.15, 0.2) is 65.6 Å². The molecule has 1 unspecified atom stereocenters. The summed E-state index contributed by atoms with van der Waals surface area (Å²) in [5, 5.41) is 6.54. The summed E-state index contributed by atoms with van der Waals surface area (Å²) in [6.45, 7) is 6.05. The second-order valence-corrected chi connectivity index (χ2v) is 16.0. The fourth-order valence-electron chi connectivity index (χ4n) is 6.50. The second kappa shape index (κ2) is 14.9. The largest absolute Gasteiger partial charge is 0.444 e. The maximum absolute atomic E-state index is 14.2. The van der Waals surface area contributed by atoms with E-state index in [0.717, 1.165) is 12.8 Å². The van der Waals surface area contributed by atoms with E-state index < -0.39 is 33.0 Å². The number of likely N-dealkylation sites (tertiary alicyclic amines) is 1. The Morgan fingerprint density at radius 2 is 1.73 bits per heavy atom. The molecule has 2 bridgehead atoms. The number of rotatable bonds is 1. The minimum absolute atomic E-state index is 0.0311. The van der Waals surface area contributed by atoms with Crippen molar-refractivity contribution in [1.29, 1.82) is 0 Å². The molecular weight excluding hydrogens is 656 g/mol. The third-order valence-corrected chi connectivity index (χ3v) is 11.0. The summed E-state index contributed by atoms with van der Waals surface area (Å²) in [7, 11) is -4.15. The van der Waals surface area contributed by atoms with Crippen LogP contribution in [0.2, 0.25) is 5.02 Å². The Morgan fingerprint density at radius 3 is 2.46 bits per heavy atom. The Bertz CT molecular complexity index is 1640. The molecule has 3 aliphatic rings. The monoisotopic (exact) mass is 700 g/mol. The van der Waals surface area contributed by atoms with Crippen LogP contribution in [0.4, 0.5) is 10.5 Å². The van der Waals surface area contributed by atoms with E-state index in [-0.39, 0.29) is 59.8 Å². The molecular formula is C35H45ClN4O7S. The predicted molar refractivity (Wildman–Crippen MR) is 184 cm³/mol. The van der Waals surface area contributed by atoms with E-state index in [1.807, 2.05) is 0 Å². The van der Waals surface area contributed by atoms with Gasteiger partial charge in [-0.1, -0.05) is 54.8 Å². The summed E-state index contributed by atoms with van der Waals surface area (Å²) in [6, 6.07) is 11.9. The van der Waals surface area contributed by atoms with Gasteiger partial charge in [-0.25, -0.2) is 13.2 Å². The van der Waals surface area contributed by atoms with Gasteiger partial charge in [-0.2, -0.15) is 0 Å². The fourth-order valence-corrected chi connectivity index (χ4v) is 8.27. The fraction of sp³-hybridized carbons (Fsp3) is 0.514. The van der Waals surface area contributed by atoms with Gasteiger partial charge in [0.1, 0.15) is 5.60 Å². The number of benzene rings is 2. The molecule has 1 saturated carbocycles. The molecule has 13 heteroatoms. The van der Waals surface area contributed by atoms with Crippen molar-refractivity contribution in [2.45, 2.75) is 81.9 Å². The van der Waals surface area contributed by atoms with E-state index in [1.54, 1.807) is 68.2 Å². The van der Waals surface area contributed by atoms with Crippen molar-refractivity contribution in [3.8, 4) is 0 Å². The van der Waals surface area contributed by atoms with Crippen LogP contribution in [0.25, 0.3) is 0 Å². The van der Waals surface area contributed by atoms with Gasteiger partial charge in [0.15, 0.2) is 0 Å². The van der Waals surface area contributed by atoms with E-state index in [2.05, 4.69) is 10.6 Å². The highest BCUT2D eigenvalue weighted by Crippen LogP contribution is 2.34. The summed E-state index contributed by atoms with van der Waals surface area (Å²) in [5.74, 6) is -0.666. The molecule has 0 aromatic heterocycles. The molecule has 2 aliphatic heterocycles. The first-order valence-corrected chi connectivity index (χ1v) is 18.3. The van der Waals surface area contributed by atoms with E-state index in [4.69, 9.17) is 21.1 Å². The lowest BCUT2D eigenvalue weighted by molar-refractivity contribution is -0.140. The third kappa shape index (κ3) is 8.33. The van der Waals surface area contributed by atoms with Crippen molar-refractivity contribution in [3.63, 3.8) is 0 Å². The van der Waals surface area contributed by atoms with Gasteiger partial charge in [0.05, 0.1) is 40.8 Å². The third-order valence-electron chi connectivity index (χ3n) is 8.94. The van der Waals surface area contributed by atoms with Crippen LogP contribution in [0.3, 0.4) is 0 Å². The Labute approximate surface area is 288 Å². The highest BCUT2D eigenvalue weighted by atomic mass is 35.5. The maximum Gasteiger partial charge on any atom is 0.410 e. The smallest absolute Gasteiger partial charge is 0.410 e. The molecule has 2 N–H and O–H groups in total. The molecule has 2 heterocycles. The van der Waals surface area contributed by atoms with Gasteiger partial charge in [0, 0.05) is 30.7 Å². The summed E-state index contributed by atoms with van der Waals surface area (Å²) in [4.78, 5) is 42.5. The topological polar surface area (TPSA) is 134 Å². The average Bonchev–Trinajstić information content (AvgIpc) is 3.04. The number of fused-ring (bicyclic) bond motifs is 3. The number of sulfonamides is 1. The molecule has 1 aliphatic carbocycles. The lowest BCUT2D eigenvalue weighted by atomic mass is 9.78. The van der Waals surface area contributed by atoms with Crippen molar-refractivity contribution in [2.75, 3.05) is 37.2 Å². The number of nitrogens with zero attached hydrogens (tertiary/aromatic N) is 2. The number of anilines is 1. The number of halogens is 1. The van der Waals surface area contributed by atoms with Crippen LogP contribution in [0.1, 0.15) is 69.7 Å². The molecule has 1 spiro atoms. The summed E-state index contributed by atoms with van der Waals surface area (Å²) in [5.41, 5.74) is -1.27. The Morgan fingerprint density at radius 1 is 1.00 bits per heavy atom. The van der Waals surface area contributed by atoms with Crippen LogP contribution in [0, 0.1) is 5.41 Å². The number of ether oxygens (including phenoxy) is 2. The zero-order valence-corrected chi connectivity index (χ0v) is 29.3. The Kier molecular flexibility index (Phi) is 11.1. The maximum atomic E-state index is 14.2. The van der Waals surface area contributed by atoms with Gasteiger partial charge in [0.25, 0.3) is 15.9 Å². The zero-order valence-electron chi connectivity index (χ0n) is 27.7. The number of hydrogen-bond donors (Lipinski definition) is 2. The van der Waals surface area contributed by atoms with E-state index in [9.17, 15) is 22.8 Å². The number of para-hydroxylation sites is 1. The summed E-state index contributed by atoms with van der Waals surface area (Å²) >= 11 is 6.48. The van der Waals surface area contributed by atoms with Crippen LogP contribution in [-0.4, -0.2) is 81.8 Å². The van der Waals surface area contributed by atoms with Crippen molar-refractivity contribution in [3.05, 3.63) is 71.3 Å². The first-order valence-electron chi connectivity index (χ1n) is 16.5. The number of amides is 3. The van der Waals surface area contributed by atoms with Crippen molar-refractivity contribution in [2.24, 2.45) is 5.41 Å². The van der Waals surface area contributed by atoms with Gasteiger partial charge in [0.2, 0.25) is 5.91 Å². The van der Waals surface area contributed by atoms with Crippen LogP contribution >= 0.6 is 11.6 Å². The van der Waals surface area contributed by atoms with Gasteiger partial charge in [-0.05, 0) is 76.8 Å². The SMILES string of the molecule is CC(C)(C)OC(=O)N1CCCC2(COC/C=C/CN(c3ccccc3Cl)S(=O)(=O)c3cccc(c3)C(=O)N[C@@H]3CCCC[C@@H]3NC2=O)C1. The van der Waals surface area contributed by atoms with E-state index in [0.29, 0.717) is 37.9 Å². The lowest BCUT2D eigenvalue weighted by Gasteiger charge is -2.43. The molecule has 3 amide bonds. The first kappa shape index (κ1) is 35.7. The number of nitrogens with one attached hydrogen (secondary N) is 2. The average molecular weight is 701 g/mol. The Balaban J connectivity index is 1.49. The second-order valence-electron chi connectivity index (χ2n) is 13.7. The number of carbonyl (C=O) groups excluding carboxylic acids is 3. The number of piperidine rings is 1.